The van der Waals surface area contributed by atoms with Crippen molar-refractivity contribution in [2.75, 3.05) is 33.2 Å². The second-order valence-electron chi connectivity index (χ2n) is 4.81. The predicted molar refractivity (Wildman–Crippen MR) is 59.6 cm³/mol. The number of piperazine rings is 1. The van der Waals surface area contributed by atoms with Crippen molar-refractivity contribution in [3.63, 3.8) is 0 Å². The van der Waals surface area contributed by atoms with Gasteiger partial charge in [-0.15, -0.1) is 0 Å². The van der Waals surface area contributed by atoms with E-state index in [9.17, 15) is 4.79 Å². The van der Waals surface area contributed by atoms with Crippen LogP contribution in [0.15, 0.2) is 0 Å². The maximum atomic E-state index is 11.8. The Labute approximate surface area is 91.4 Å². The number of rotatable bonds is 3. The fraction of sp³-hybridized carbons (Fsp3) is 0.909. The van der Waals surface area contributed by atoms with Gasteiger partial charge in [0.2, 0.25) is 5.91 Å². The summed E-state index contributed by atoms with van der Waals surface area (Å²) in [5.41, 5.74) is 0. The molecule has 4 nitrogen and oxygen atoms in total. The second kappa shape index (κ2) is 4.94. The van der Waals surface area contributed by atoms with Crippen molar-refractivity contribution < 1.29 is 4.79 Å². The third-order valence-electron chi connectivity index (χ3n) is 3.48. The Morgan fingerprint density at radius 2 is 2.33 bits per heavy atom. The van der Waals surface area contributed by atoms with Gasteiger partial charge in [-0.1, -0.05) is 6.42 Å². The molecule has 1 aliphatic heterocycles. The van der Waals surface area contributed by atoms with Crippen molar-refractivity contribution in [1.29, 1.82) is 0 Å². The van der Waals surface area contributed by atoms with E-state index in [1.807, 2.05) is 0 Å². The van der Waals surface area contributed by atoms with E-state index in [4.69, 9.17) is 0 Å². The first-order chi connectivity index (χ1) is 7.25. The molecule has 2 N–H and O–H groups in total. The summed E-state index contributed by atoms with van der Waals surface area (Å²) in [6.07, 6.45) is 3.92. The molecule has 1 heterocycles. The van der Waals surface area contributed by atoms with E-state index in [1.54, 1.807) is 0 Å². The second-order valence-corrected chi connectivity index (χ2v) is 4.81. The topological polar surface area (TPSA) is 44.4 Å². The van der Waals surface area contributed by atoms with Crippen molar-refractivity contribution in [2.24, 2.45) is 5.92 Å². The van der Waals surface area contributed by atoms with Gasteiger partial charge >= 0.3 is 0 Å². The van der Waals surface area contributed by atoms with Gasteiger partial charge in [-0.05, 0) is 25.8 Å². The first-order valence-corrected chi connectivity index (χ1v) is 5.95. The molecule has 0 aromatic rings. The molecule has 4 heteroatoms. The fourth-order valence-corrected chi connectivity index (χ4v) is 2.14. The van der Waals surface area contributed by atoms with Gasteiger partial charge < -0.3 is 15.5 Å². The zero-order valence-corrected chi connectivity index (χ0v) is 9.46. The minimum atomic E-state index is -0.0103. The highest BCUT2D eigenvalue weighted by atomic mass is 16.2. The van der Waals surface area contributed by atoms with Crippen molar-refractivity contribution in [2.45, 2.75) is 25.3 Å². The lowest BCUT2D eigenvalue weighted by Crippen LogP contribution is -2.56. The van der Waals surface area contributed by atoms with Crippen LogP contribution in [0.25, 0.3) is 0 Å². The van der Waals surface area contributed by atoms with Crippen molar-refractivity contribution >= 4 is 5.91 Å². The monoisotopic (exact) mass is 211 g/mol. The van der Waals surface area contributed by atoms with Crippen LogP contribution in [0.2, 0.25) is 0 Å². The van der Waals surface area contributed by atoms with E-state index < -0.39 is 0 Å². The Morgan fingerprint density at radius 1 is 1.53 bits per heavy atom. The number of likely N-dealkylation sites (N-methyl/N-ethyl adjacent to an activating group) is 1. The van der Waals surface area contributed by atoms with Crippen LogP contribution in [0.4, 0.5) is 0 Å². The van der Waals surface area contributed by atoms with E-state index >= 15 is 0 Å². The van der Waals surface area contributed by atoms with Crippen molar-refractivity contribution in [3.05, 3.63) is 0 Å². The predicted octanol–water partition coefficient (Wildman–Crippen LogP) is -0.194. The first-order valence-electron chi connectivity index (χ1n) is 5.95. The number of nitrogens with one attached hydrogen (secondary N) is 2. The zero-order valence-electron chi connectivity index (χ0n) is 9.46. The normalized spacial score (nSPS) is 28.5. The van der Waals surface area contributed by atoms with Gasteiger partial charge in [-0.3, -0.25) is 4.79 Å². The molecule has 15 heavy (non-hydrogen) atoms. The molecule has 0 spiro atoms. The molecule has 2 rings (SSSR count). The molecule has 0 aromatic carbocycles. The third kappa shape index (κ3) is 2.92. The summed E-state index contributed by atoms with van der Waals surface area (Å²) in [5.74, 6) is 0.920. The molecule has 0 bridgehead atoms. The van der Waals surface area contributed by atoms with E-state index in [0.29, 0.717) is 0 Å². The van der Waals surface area contributed by atoms with Gasteiger partial charge in [0.25, 0.3) is 0 Å². The summed E-state index contributed by atoms with van der Waals surface area (Å²) in [7, 11) is 2.06. The molecule has 0 radical (unpaired) electrons. The Kier molecular flexibility index (Phi) is 3.59. The summed E-state index contributed by atoms with van der Waals surface area (Å²) in [5, 5.41) is 6.30. The Morgan fingerprint density at radius 3 is 2.93 bits per heavy atom. The molecular formula is C11H21N3O. The average molecular weight is 211 g/mol. The smallest absolute Gasteiger partial charge is 0.238 e. The van der Waals surface area contributed by atoms with Crippen molar-refractivity contribution in [1.82, 2.24) is 15.5 Å². The highest BCUT2D eigenvalue weighted by molar-refractivity contribution is 5.82. The van der Waals surface area contributed by atoms with Crippen LogP contribution >= 0.6 is 0 Å². The Hall–Kier alpha value is -0.610. The van der Waals surface area contributed by atoms with Gasteiger partial charge in [-0.2, -0.15) is 0 Å². The van der Waals surface area contributed by atoms with Crippen LogP contribution in [0.5, 0.6) is 0 Å². The first kappa shape index (κ1) is 10.9. The number of carbonyl (C=O) groups excluding carboxylic acids is 1. The molecule has 1 atom stereocenters. The largest absolute Gasteiger partial charge is 0.354 e. The van der Waals surface area contributed by atoms with Crippen LogP contribution in [-0.4, -0.2) is 50.1 Å². The Balaban J connectivity index is 1.69. The van der Waals surface area contributed by atoms with Gasteiger partial charge in [0.1, 0.15) is 0 Å². The van der Waals surface area contributed by atoms with Gasteiger partial charge in [0.05, 0.1) is 6.04 Å². The van der Waals surface area contributed by atoms with Gasteiger partial charge in [0.15, 0.2) is 0 Å². The molecular weight excluding hydrogens is 190 g/mol. The number of nitrogens with zero attached hydrogens (tertiary/aromatic N) is 1. The molecule has 1 unspecified atom stereocenters. The molecule has 2 aliphatic rings. The van der Waals surface area contributed by atoms with Gasteiger partial charge in [0, 0.05) is 26.2 Å². The van der Waals surface area contributed by atoms with E-state index in [-0.39, 0.29) is 11.9 Å². The number of amides is 1. The summed E-state index contributed by atoms with van der Waals surface area (Å²) in [4.78, 5) is 14.0. The number of hydrogen-bond donors (Lipinski definition) is 2. The van der Waals surface area contributed by atoms with Crippen LogP contribution in [0.3, 0.4) is 0 Å². The maximum Gasteiger partial charge on any atom is 0.238 e. The Bertz CT molecular complexity index is 228. The molecule has 86 valence electrons. The minimum Gasteiger partial charge on any atom is -0.354 e. The lowest BCUT2D eigenvalue weighted by Gasteiger charge is -2.31. The van der Waals surface area contributed by atoms with E-state index in [2.05, 4.69) is 22.6 Å². The highest BCUT2D eigenvalue weighted by Crippen LogP contribution is 2.25. The summed E-state index contributed by atoms with van der Waals surface area (Å²) in [6, 6.07) is -0.0103. The standard InChI is InChI=1S/C11H21N3O/c1-14-6-5-12-10(8-14)11(15)13-7-9-3-2-4-9/h9-10,12H,2-8H2,1H3,(H,13,15). The zero-order chi connectivity index (χ0) is 10.7. The maximum absolute atomic E-state index is 11.8. The quantitative estimate of drug-likeness (QED) is 0.680. The van der Waals surface area contributed by atoms with E-state index in [1.165, 1.54) is 19.3 Å². The van der Waals surface area contributed by atoms with Crippen LogP contribution in [0.1, 0.15) is 19.3 Å². The molecule has 1 saturated heterocycles. The number of hydrogen-bond acceptors (Lipinski definition) is 3. The van der Waals surface area contributed by atoms with Crippen molar-refractivity contribution in [3.8, 4) is 0 Å². The lowest BCUT2D eigenvalue weighted by atomic mass is 9.85. The third-order valence-corrected chi connectivity index (χ3v) is 3.48. The molecule has 1 aliphatic carbocycles. The van der Waals surface area contributed by atoms with Crippen LogP contribution < -0.4 is 10.6 Å². The fourth-order valence-electron chi connectivity index (χ4n) is 2.14. The summed E-state index contributed by atoms with van der Waals surface area (Å²) in [6.45, 7) is 3.65. The number of carbonyl (C=O) groups is 1. The lowest BCUT2D eigenvalue weighted by molar-refractivity contribution is -0.124. The molecule has 1 amide bonds. The van der Waals surface area contributed by atoms with Crippen LogP contribution in [0, 0.1) is 5.92 Å². The van der Waals surface area contributed by atoms with E-state index in [0.717, 1.165) is 32.1 Å². The summed E-state index contributed by atoms with van der Waals surface area (Å²) < 4.78 is 0. The summed E-state index contributed by atoms with van der Waals surface area (Å²) >= 11 is 0. The molecule has 1 saturated carbocycles. The SMILES string of the molecule is CN1CCNC(C(=O)NCC2CCC2)C1. The average Bonchev–Trinajstić information content (AvgIpc) is 2.15. The van der Waals surface area contributed by atoms with Crippen LogP contribution in [-0.2, 0) is 4.79 Å². The molecule has 0 aromatic heterocycles. The van der Waals surface area contributed by atoms with Gasteiger partial charge in [-0.25, -0.2) is 0 Å². The minimum absolute atomic E-state index is 0.0103. The highest BCUT2D eigenvalue weighted by Gasteiger charge is 2.24. The molecule has 2 fully saturated rings.